The quantitative estimate of drug-likeness (QED) is 0.0874. The van der Waals surface area contributed by atoms with Gasteiger partial charge >= 0.3 is 7.82 Å². The molecule has 1 N–H and O–H groups in total. The van der Waals surface area contributed by atoms with E-state index >= 15 is 0 Å². The minimum absolute atomic E-state index is 0.174. The Morgan fingerprint density at radius 3 is 1.72 bits per heavy atom. The van der Waals surface area contributed by atoms with Crippen LogP contribution in [0.4, 0.5) is 0 Å². The van der Waals surface area contributed by atoms with Gasteiger partial charge in [0.05, 0.1) is 6.61 Å². The van der Waals surface area contributed by atoms with E-state index in [-0.39, 0.29) is 6.61 Å². The van der Waals surface area contributed by atoms with Crippen LogP contribution in [0.3, 0.4) is 0 Å². The van der Waals surface area contributed by atoms with Gasteiger partial charge < -0.3 is 4.89 Å². The fourth-order valence-corrected chi connectivity index (χ4v) is 4.69. The zero-order valence-electron chi connectivity index (χ0n) is 15.9. The summed E-state index contributed by atoms with van der Waals surface area (Å²) in [5.41, 5.74) is 0. The largest absolute Gasteiger partial charge is 0.483 e. The first-order valence-electron chi connectivity index (χ1n) is 9.97. The van der Waals surface area contributed by atoms with Crippen molar-refractivity contribution < 1.29 is 18.0 Å². The summed E-state index contributed by atoms with van der Waals surface area (Å²) >= 11 is 4.18. The first-order chi connectivity index (χ1) is 12.1. The number of halogens is 1. The van der Waals surface area contributed by atoms with Crippen LogP contribution in [-0.4, -0.2) is 22.6 Å². The molecule has 0 saturated carbocycles. The Balaban J connectivity index is 3.15. The topological polar surface area (TPSA) is 55.8 Å². The van der Waals surface area contributed by atoms with E-state index < -0.39 is 7.82 Å². The fourth-order valence-electron chi connectivity index (χ4n) is 2.63. The summed E-state index contributed by atoms with van der Waals surface area (Å²) in [5, 5.41) is 0.518. The third-order valence-electron chi connectivity index (χ3n) is 4.06. The van der Waals surface area contributed by atoms with Gasteiger partial charge in [-0.3, -0.25) is 4.52 Å². The van der Waals surface area contributed by atoms with Crippen LogP contribution in [0.25, 0.3) is 0 Å². The van der Waals surface area contributed by atoms with Crippen LogP contribution >= 0.6 is 35.8 Å². The van der Waals surface area contributed by atoms with Gasteiger partial charge in [0.25, 0.3) is 0 Å². The third kappa shape index (κ3) is 21.1. The number of hydrogen-bond acceptors (Lipinski definition) is 4. The Bertz CT molecular complexity index is 321. The van der Waals surface area contributed by atoms with E-state index in [4.69, 9.17) is 8.49 Å². The van der Waals surface area contributed by atoms with Gasteiger partial charge in [-0.1, -0.05) is 106 Å². The number of rotatable bonds is 20. The minimum atomic E-state index is -3.86. The molecule has 0 fully saturated rings. The Kier molecular flexibility index (Phi) is 20.4. The highest BCUT2D eigenvalue weighted by Gasteiger charge is 2.20. The van der Waals surface area contributed by atoms with Crippen molar-refractivity contribution in [3.63, 3.8) is 0 Å². The molecule has 0 radical (unpaired) electrons. The first kappa shape index (κ1) is 25.9. The third-order valence-corrected chi connectivity index (χ3v) is 6.52. The van der Waals surface area contributed by atoms with Gasteiger partial charge in [0, 0.05) is 23.1 Å². The van der Waals surface area contributed by atoms with Gasteiger partial charge in [0.2, 0.25) is 0 Å². The van der Waals surface area contributed by atoms with Crippen LogP contribution < -0.4 is 0 Å². The number of unbranched alkanes of at least 4 members (excludes halogenated alkanes) is 13. The molecule has 1 atom stereocenters. The first-order valence-corrected chi connectivity index (χ1v) is 13.5. The van der Waals surface area contributed by atoms with Gasteiger partial charge in [0.15, 0.2) is 0 Å². The molecule has 152 valence electrons. The molecule has 0 aliphatic heterocycles. The Morgan fingerprint density at radius 2 is 1.28 bits per heavy atom. The molecule has 0 spiro atoms. The molecule has 0 aromatic heterocycles. The lowest BCUT2D eigenvalue weighted by atomic mass is 10.0. The zero-order valence-corrected chi connectivity index (χ0v) is 19.2. The predicted octanol–water partition coefficient (Wildman–Crippen LogP) is 7.64. The second-order valence-electron chi connectivity index (χ2n) is 6.48. The Morgan fingerprint density at radius 1 is 0.840 bits per heavy atom. The SMILES string of the molecule is CCCCCCCCCCCCCCCCSOP(=O)(O)OCCBr. The summed E-state index contributed by atoms with van der Waals surface area (Å²) in [6, 6.07) is 0. The van der Waals surface area contributed by atoms with E-state index in [0.717, 1.165) is 30.6 Å². The number of hydrogen-bond donors (Lipinski definition) is 1. The number of alkyl halides is 1. The van der Waals surface area contributed by atoms with E-state index in [9.17, 15) is 9.46 Å². The summed E-state index contributed by atoms with van der Waals surface area (Å²) in [6.07, 6.45) is 18.6. The molecule has 0 bridgehead atoms. The van der Waals surface area contributed by atoms with Gasteiger partial charge in [-0.15, -0.1) is 0 Å². The van der Waals surface area contributed by atoms with Crippen molar-refractivity contribution in [1.82, 2.24) is 0 Å². The molecule has 7 heteroatoms. The molecule has 0 aromatic carbocycles. The molecule has 0 rings (SSSR count). The molecule has 0 heterocycles. The predicted molar refractivity (Wildman–Crippen MR) is 113 cm³/mol. The van der Waals surface area contributed by atoms with Crippen LogP contribution in [0.1, 0.15) is 96.8 Å². The summed E-state index contributed by atoms with van der Waals surface area (Å²) < 4.78 is 20.9. The fraction of sp³-hybridized carbons (Fsp3) is 1.00. The highest BCUT2D eigenvalue weighted by molar-refractivity contribution is 9.09. The van der Waals surface area contributed by atoms with Crippen molar-refractivity contribution in [1.29, 1.82) is 0 Å². The molecular formula is C18H38BrO4PS. The number of phosphoric acid groups is 1. The van der Waals surface area contributed by atoms with Crippen LogP contribution in [0.2, 0.25) is 0 Å². The van der Waals surface area contributed by atoms with Crippen LogP contribution in [0, 0.1) is 0 Å². The lowest BCUT2D eigenvalue weighted by molar-refractivity contribution is 0.224. The highest BCUT2D eigenvalue weighted by atomic mass is 79.9. The molecule has 0 aromatic rings. The van der Waals surface area contributed by atoms with Crippen LogP contribution in [-0.2, 0) is 13.1 Å². The zero-order chi connectivity index (χ0) is 18.6. The van der Waals surface area contributed by atoms with Gasteiger partial charge in [-0.05, 0) is 6.42 Å². The molecule has 1 unspecified atom stereocenters. The Hall–Kier alpha value is 0.940. The molecule has 4 nitrogen and oxygen atoms in total. The average molecular weight is 461 g/mol. The van der Waals surface area contributed by atoms with Crippen molar-refractivity contribution in [2.45, 2.75) is 96.8 Å². The molecule has 0 aliphatic carbocycles. The smallest absolute Gasteiger partial charge is 0.302 e. The monoisotopic (exact) mass is 460 g/mol. The molecule has 25 heavy (non-hydrogen) atoms. The maximum Gasteiger partial charge on any atom is 0.483 e. The van der Waals surface area contributed by atoms with Crippen LogP contribution in [0.15, 0.2) is 0 Å². The molecule has 0 amide bonds. The van der Waals surface area contributed by atoms with Gasteiger partial charge in [-0.25, -0.2) is 8.54 Å². The maximum absolute atomic E-state index is 11.4. The maximum atomic E-state index is 11.4. The van der Waals surface area contributed by atoms with E-state index in [1.54, 1.807) is 0 Å². The summed E-state index contributed by atoms with van der Waals surface area (Å²) in [5.74, 6) is 0.736. The van der Waals surface area contributed by atoms with Crippen LogP contribution in [0.5, 0.6) is 0 Å². The number of phosphoric ester groups is 1. The second kappa shape index (κ2) is 19.7. The van der Waals surface area contributed by atoms with Crippen molar-refractivity contribution in [2.75, 3.05) is 17.7 Å². The van der Waals surface area contributed by atoms with Crippen molar-refractivity contribution in [3.8, 4) is 0 Å². The lowest BCUT2D eigenvalue weighted by Gasteiger charge is -2.09. The molecule has 0 saturated heterocycles. The lowest BCUT2D eigenvalue weighted by Crippen LogP contribution is -1.94. The normalized spacial score (nSPS) is 13.9. The second-order valence-corrected chi connectivity index (χ2v) is 9.71. The summed E-state index contributed by atoms with van der Waals surface area (Å²) in [4.78, 5) is 9.33. The minimum Gasteiger partial charge on any atom is -0.302 e. The van der Waals surface area contributed by atoms with Gasteiger partial charge in [-0.2, -0.15) is 0 Å². The van der Waals surface area contributed by atoms with E-state index in [0.29, 0.717) is 5.33 Å². The standard InChI is InChI=1S/C18H38BrO4PS/c1-2-3-4-5-6-7-8-9-10-11-12-13-14-15-18-25-23-24(20,21)22-17-16-19/h2-18H2,1H3,(H,20,21). The van der Waals surface area contributed by atoms with Crippen molar-refractivity contribution in [3.05, 3.63) is 0 Å². The van der Waals surface area contributed by atoms with E-state index in [1.165, 1.54) is 77.0 Å². The van der Waals surface area contributed by atoms with E-state index in [1.807, 2.05) is 0 Å². The average Bonchev–Trinajstić information content (AvgIpc) is 2.59. The van der Waals surface area contributed by atoms with Gasteiger partial charge in [0.1, 0.15) is 0 Å². The molecular weight excluding hydrogens is 423 g/mol. The van der Waals surface area contributed by atoms with E-state index in [2.05, 4.69) is 22.9 Å². The highest BCUT2D eigenvalue weighted by Crippen LogP contribution is 2.47. The molecule has 0 aliphatic rings. The Labute approximate surface area is 168 Å². The summed E-state index contributed by atoms with van der Waals surface area (Å²) in [7, 11) is -3.86. The van der Waals surface area contributed by atoms with Crippen molar-refractivity contribution in [2.24, 2.45) is 0 Å². The van der Waals surface area contributed by atoms with Crippen molar-refractivity contribution >= 4 is 35.8 Å². The summed E-state index contributed by atoms with van der Waals surface area (Å²) in [6.45, 7) is 2.44.